The van der Waals surface area contributed by atoms with Crippen LogP contribution in [0.3, 0.4) is 0 Å². The van der Waals surface area contributed by atoms with E-state index in [2.05, 4.69) is 10.3 Å². The van der Waals surface area contributed by atoms with E-state index >= 15 is 0 Å². The smallest absolute Gasteiger partial charge is 0.337 e. The van der Waals surface area contributed by atoms with Crippen LogP contribution in [0.2, 0.25) is 0 Å². The van der Waals surface area contributed by atoms with Crippen molar-refractivity contribution >= 4 is 5.91 Å². The number of halogens is 3. The molecule has 1 N–H and O–H groups in total. The molecule has 0 fully saturated rings. The average molecular weight is 460 g/mol. The summed E-state index contributed by atoms with van der Waals surface area (Å²) in [6.45, 7) is 1.91. The van der Waals surface area contributed by atoms with Crippen LogP contribution >= 0.6 is 0 Å². The number of carbonyl (C=O) groups is 1. The number of amides is 1. The molecule has 4 rings (SSSR count). The van der Waals surface area contributed by atoms with E-state index in [0.29, 0.717) is 16.8 Å². The summed E-state index contributed by atoms with van der Waals surface area (Å²) in [5.74, 6) is -0.404. The molecule has 1 heterocycles. The van der Waals surface area contributed by atoms with E-state index in [0.717, 1.165) is 23.3 Å². The van der Waals surface area contributed by atoms with Crippen LogP contribution in [0.15, 0.2) is 103 Å². The molecule has 3 aromatic carbocycles. The second kappa shape index (κ2) is 9.51. The van der Waals surface area contributed by atoms with Gasteiger partial charge in [-0.25, -0.2) is 0 Å². The fraction of sp³-hybridized carbons (Fsp3) is 0.143. The van der Waals surface area contributed by atoms with Gasteiger partial charge in [-0.1, -0.05) is 66.2 Å². The molecule has 0 aliphatic heterocycles. The maximum absolute atomic E-state index is 13.6. The number of nitrogens with zero attached hydrogens (tertiary/aromatic N) is 1. The fourth-order valence-electron chi connectivity index (χ4n) is 3.97. The largest absolute Gasteiger partial charge is 0.416 e. The molecule has 172 valence electrons. The summed E-state index contributed by atoms with van der Waals surface area (Å²) in [7, 11) is 0. The van der Waals surface area contributed by atoms with Crippen molar-refractivity contribution in [2.24, 2.45) is 0 Å². The Morgan fingerprint density at radius 2 is 1.50 bits per heavy atom. The Hall–Kier alpha value is -3.93. The van der Waals surface area contributed by atoms with Crippen molar-refractivity contribution in [2.75, 3.05) is 0 Å². The van der Waals surface area contributed by atoms with E-state index in [-0.39, 0.29) is 6.42 Å². The van der Waals surface area contributed by atoms with E-state index in [9.17, 15) is 18.0 Å². The molecule has 6 heteroatoms. The van der Waals surface area contributed by atoms with Gasteiger partial charge in [-0.3, -0.25) is 9.78 Å². The molecule has 0 aliphatic carbocycles. The van der Waals surface area contributed by atoms with Gasteiger partial charge in [-0.15, -0.1) is 0 Å². The van der Waals surface area contributed by atoms with Crippen molar-refractivity contribution in [3.05, 3.63) is 137 Å². The molecule has 1 amide bonds. The minimum Gasteiger partial charge on any atom is -0.337 e. The summed E-state index contributed by atoms with van der Waals surface area (Å²) in [4.78, 5) is 17.9. The van der Waals surface area contributed by atoms with Crippen LogP contribution < -0.4 is 5.32 Å². The van der Waals surface area contributed by atoms with E-state index < -0.39 is 23.2 Å². The number of nitrogens with one attached hydrogen (secondary N) is 1. The minimum absolute atomic E-state index is 0.212. The molecule has 0 saturated carbocycles. The Bertz CT molecular complexity index is 1260. The quantitative estimate of drug-likeness (QED) is 0.366. The summed E-state index contributed by atoms with van der Waals surface area (Å²) >= 11 is 0. The van der Waals surface area contributed by atoms with Gasteiger partial charge in [0.15, 0.2) is 0 Å². The fourth-order valence-corrected chi connectivity index (χ4v) is 3.97. The molecule has 1 aromatic heterocycles. The number of rotatable bonds is 6. The molecule has 34 heavy (non-hydrogen) atoms. The van der Waals surface area contributed by atoms with Crippen molar-refractivity contribution in [3.63, 3.8) is 0 Å². The van der Waals surface area contributed by atoms with Gasteiger partial charge in [0.2, 0.25) is 0 Å². The van der Waals surface area contributed by atoms with Crippen LogP contribution in [-0.4, -0.2) is 10.9 Å². The van der Waals surface area contributed by atoms with Crippen LogP contribution in [0.4, 0.5) is 13.2 Å². The summed E-state index contributed by atoms with van der Waals surface area (Å²) in [5.41, 5.74) is 0.855. The van der Waals surface area contributed by atoms with Gasteiger partial charge < -0.3 is 5.32 Å². The zero-order valence-electron chi connectivity index (χ0n) is 18.5. The van der Waals surface area contributed by atoms with E-state index in [1.165, 1.54) is 6.07 Å². The Morgan fingerprint density at radius 3 is 2.15 bits per heavy atom. The lowest BCUT2D eigenvalue weighted by molar-refractivity contribution is -0.137. The van der Waals surface area contributed by atoms with Gasteiger partial charge in [0.05, 0.1) is 11.3 Å². The molecule has 0 spiro atoms. The molecule has 0 saturated heterocycles. The highest BCUT2D eigenvalue weighted by Crippen LogP contribution is 2.37. The first-order chi connectivity index (χ1) is 16.3. The average Bonchev–Trinajstić information content (AvgIpc) is 2.85. The van der Waals surface area contributed by atoms with Crippen molar-refractivity contribution in [1.29, 1.82) is 0 Å². The lowest BCUT2D eigenvalue weighted by Crippen LogP contribution is -2.49. The third kappa shape index (κ3) is 5.01. The second-order valence-electron chi connectivity index (χ2n) is 8.18. The van der Waals surface area contributed by atoms with Crippen LogP contribution in [0.1, 0.15) is 38.3 Å². The van der Waals surface area contributed by atoms with Gasteiger partial charge in [0.1, 0.15) is 5.54 Å². The highest BCUT2D eigenvalue weighted by molar-refractivity contribution is 5.95. The van der Waals surface area contributed by atoms with Gasteiger partial charge in [0, 0.05) is 18.2 Å². The molecular weight excluding hydrogens is 437 g/mol. The Morgan fingerprint density at radius 1 is 0.824 bits per heavy atom. The van der Waals surface area contributed by atoms with Gasteiger partial charge >= 0.3 is 6.18 Å². The van der Waals surface area contributed by atoms with Crippen LogP contribution in [0.25, 0.3) is 0 Å². The van der Waals surface area contributed by atoms with E-state index in [4.69, 9.17) is 0 Å². The first-order valence-electron chi connectivity index (χ1n) is 10.8. The van der Waals surface area contributed by atoms with E-state index in [1.54, 1.807) is 42.6 Å². The third-order valence-corrected chi connectivity index (χ3v) is 5.74. The van der Waals surface area contributed by atoms with Crippen molar-refractivity contribution in [3.8, 4) is 0 Å². The normalized spacial score (nSPS) is 13.2. The number of aryl methyl sites for hydroxylation is 1. The second-order valence-corrected chi connectivity index (χ2v) is 8.18. The lowest BCUT2D eigenvalue weighted by atomic mass is 9.79. The molecule has 0 bridgehead atoms. The summed E-state index contributed by atoms with van der Waals surface area (Å²) in [6, 6.07) is 26.6. The van der Waals surface area contributed by atoms with Crippen LogP contribution in [0.5, 0.6) is 0 Å². The summed E-state index contributed by atoms with van der Waals surface area (Å²) in [5, 5.41) is 3.06. The molecule has 1 atom stereocenters. The van der Waals surface area contributed by atoms with Crippen LogP contribution in [-0.2, 0) is 18.1 Å². The van der Waals surface area contributed by atoms with Crippen molar-refractivity contribution in [2.45, 2.75) is 25.1 Å². The topological polar surface area (TPSA) is 42.0 Å². The number of benzene rings is 3. The molecular formula is C28H23F3N2O. The monoisotopic (exact) mass is 460 g/mol. The van der Waals surface area contributed by atoms with Crippen molar-refractivity contribution < 1.29 is 18.0 Å². The number of pyridine rings is 1. The van der Waals surface area contributed by atoms with Gasteiger partial charge in [0.25, 0.3) is 5.91 Å². The summed E-state index contributed by atoms with van der Waals surface area (Å²) < 4.78 is 40.9. The zero-order chi connectivity index (χ0) is 24.2. The Labute approximate surface area is 196 Å². The molecule has 0 radical (unpaired) electrons. The molecule has 4 aromatic rings. The maximum atomic E-state index is 13.6. The third-order valence-electron chi connectivity index (χ3n) is 5.74. The number of hydrogen-bond acceptors (Lipinski definition) is 2. The molecule has 3 nitrogen and oxygen atoms in total. The maximum Gasteiger partial charge on any atom is 0.416 e. The van der Waals surface area contributed by atoms with E-state index in [1.807, 2.05) is 49.4 Å². The predicted molar refractivity (Wildman–Crippen MR) is 125 cm³/mol. The number of alkyl halides is 3. The lowest BCUT2D eigenvalue weighted by Gasteiger charge is -2.36. The zero-order valence-corrected chi connectivity index (χ0v) is 18.5. The van der Waals surface area contributed by atoms with Gasteiger partial charge in [-0.05, 0) is 54.4 Å². The first kappa shape index (κ1) is 23.2. The number of aromatic nitrogens is 1. The highest BCUT2D eigenvalue weighted by Gasteiger charge is 2.40. The number of carbonyl (C=O) groups excluding carboxylic acids is 1. The Kier molecular flexibility index (Phi) is 6.50. The Balaban J connectivity index is 1.92. The van der Waals surface area contributed by atoms with Gasteiger partial charge in [-0.2, -0.15) is 13.2 Å². The molecule has 0 aliphatic rings. The SMILES string of the molecule is Cc1ccc(C(=O)NC(Cc2ccccc2)(c2cccc(C(F)(F)F)c2)c2ccccn2)cc1. The standard InChI is InChI=1S/C28H23F3N2O/c1-20-13-15-22(16-14-20)26(34)33-27(25-12-5-6-17-32-25,19-21-8-3-2-4-9-21)23-10-7-11-24(18-23)28(29,30)31/h2-18H,19H2,1H3,(H,33,34). The molecule has 1 unspecified atom stereocenters. The number of hydrogen-bond donors (Lipinski definition) is 1. The highest BCUT2D eigenvalue weighted by atomic mass is 19.4. The first-order valence-corrected chi connectivity index (χ1v) is 10.8. The minimum atomic E-state index is -4.53. The summed E-state index contributed by atoms with van der Waals surface area (Å²) in [6.07, 6.45) is -2.75. The predicted octanol–water partition coefficient (Wildman–Crippen LogP) is 6.33. The van der Waals surface area contributed by atoms with Crippen LogP contribution in [0, 0.1) is 6.92 Å². The van der Waals surface area contributed by atoms with Crippen molar-refractivity contribution in [1.82, 2.24) is 10.3 Å².